The monoisotopic (exact) mass is 1230 g/mol. The summed E-state index contributed by atoms with van der Waals surface area (Å²) in [5.74, 6) is 5.19. The van der Waals surface area contributed by atoms with Crippen LogP contribution in [0.25, 0.3) is 0 Å². The fourth-order valence-corrected chi connectivity index (χ4v) is 11.0. The molecule has 1 N–H and O–H groups in total. The number of carbonyl (C=O) groups is 3. The summed E-state index contributed by atoms with van der Waals surface area (Å²) in [5, 5.41) is 0. The van der Waals surface area contributed by atoms with Crippen molar-refractivity contribution >= 4 is 42.6 Å². The third-order valence-electron chi connectivity index (χ3n) is 17.8. The van der Waals surface area contributed by atoms with E-state index in [4.69, 9.17) is 66.8 Å². The summed E-state index contributed by atoms with van der Waals surface area (Å²) in [6.45, 7) is 13.4. The van der Waals surface area contributed by atoms with E-state index in [2.05, 4.69) is 82.3 Å². The molecule has 19 heteroatoms. The smallest absolute Gasteiger partial charge is 0.870 e. The Morgan fingerprint density at radius 3 is 0.911 bits per heavy atom. The predicted molar refractivity (Wildman–Crippen MR) is 322 cm³/mol. The van der Waals surface area contributed by atoms with Gasteiger partial charge < -0.3 is 33.9 Å². The zero-order chi connectivity index (χ0) is 62.0. The Morgan fingerprint density at radius 2 is 0.633 bits per heavy atom. The fourth-order valence-electron chi connectivity index (χ4n) is 11.0. The molecule has 0 aromatic heterocycles. The van der Waals surface area contributed by atoms with Crippen LogP contribution < -0.4 is 42.5 Å². The third kappa shape index (κ3) is 20.2. The van der Waals surface area contributed by atoms with Gasteiger partial charge in [-0.25, -0.2) is 0 Å². The quantitative estimate of drug-likeness (QED) is 0.108. The van der Waals surface area contributed by atoms with Crippen LogP contribution in [-0.2, 0) is 94.4 Å². The van der Waals surface area contributed by atoms with E-state index < -0.39 is 0 Å². The first-order valence-corrected chi connectivity index (χ1v) is 29.4. The van der Waals surface area contributed by atoms with Crippen LogP contribution >= 0.6 is 0 Å². The second-order valence-electron chi connectivity index (χ2n) is 24.1. The van der Waals surface area contributed by atoms with E-state index in [9.17, 15) is 14.4 Å². The van der Waals surface area contributed by atoms with Crippen molar-refractivity contribution in [2.24, 2.45) is 0 Å². The molecule has 5 aromatic carbocycles. The van der Waals surface area contributed by atoms with E-state index >= 15 is 0 Å². The van der Waals surface area contributed by atoms with Crippen LogP contribution in [0.3, 0.4) is 0 Å². The Bertz CT molecular complexity index is 3150. The first-order chi connectivity index (χ1) is 41.4. The van der Waals surface area contributed by atoms with E-state index in [1.165, 1.54) is 116 Å². The van der Waals surface area contributed by atoms with Gasteiger partial charge in [-0.1, -0.05) is 85.0 Å². The van der Waals surface area contributed by atoms with E-state index in [1.807, 2.05) is 36.4 Å². The molecule has 5 aliphatic heterocycles. The summed E-state index contributed by atoms with van der Waals surface area (Å²) in [5.41, 5.74) is 13.7. The van der Waals surface area contributed by atoms with Gasteiger partial charge in [0, 0.05) is 12.8 Å². The van der Waals surface area contributed by atoms with Gasteiger partial charge >= 0.3 is 43.5 Å². The average molecular weight is 1230 g/mol. The Labute approximate surface area is 539 Å². The number of benzene rings is 5. The van der Waals surface area contributed by atoms with Crippen molar-refractivity contribution in [2.75, 3.05) is 33.0 Å². The number of fused-ring (bicyclic) bond motifs is 5. The van der Waals surface area contributed by atoms with Crippen molar-refractivity contribution in [3.8, 4) is 28.7 Å². The van der Waals surface area contributed by atoms with E-state index in [0.717, 1.165) is 90.9 Å². The van der Waals surface area contributed by atoms with Crippen LogP contribution in [0.2, 0.25) is 0 Å². The zero-order valence-corrected chi connectivity index (χ0v) is 50.9. The first kappa shape index (κ1) is 76.2. The number of hydrogen-bond donors (Lipinski definition) is 0. The Kier molecular flexibility index (Phi) is 29.5. The maximum absolute atomic E-state index is 11.7. The van der Waals surface area contributed by atoms with E-state index in [1.54, 1.807) is 0 Å². The molecule has 18 nitrogen and oxygen atoms in total. The van der Waals surface area contributed by atoms with Gasteiger partial charge in [0.2, 0.25) is 0 Å². The van der Waals surface area contributed by atoms with Gasteiger partial charge in [0.25, 0.3) is 6.47 Å². The molecule has 5 aromatic rings. The first-order valence-electron chi connectivity index (χ1n) is 29.4. The van der Waals surface area contributed by atoms with Gasteiger partial charge in [-0.15, -0.1) is 0 Å². The van der Waals surface area contributed by atoms with Crippen LogP contribution in [0.5, 0.6) is 28.7 Å². The van der Waals surface area contributed by atoms with Crippen LogP contribution in [0, 0.1) is 0 Å². The minimum atomic E-state index is -0.325. The van der Waals surface area contributed by atoms with Crippen molar-refractivity contribution < 1.29 is 105 Å². The van der Waals surface area contributed by atoms with Crippen LogP contribution in [0.4, 0.5) is 0 Å². The molecule has 5 aliphatic carbocycles. The van der Waals surface area contributed by atoms with Crippen molar-refractivity contribution in [3.63, 3.8) is 0 Å². The molecular formula is C71H83LiO18. The predicted octanol–water partition coefficient (Wildman–Crippen LogP) is 9.47. The number of ether oxygens (including phenoxy) is 6. The van der Waals surface area contributed by atoms with Crippen molar-refractivity contribution in [1.82, 2.24) is 0 Å². The second kappa shape index (κ2) is 34.8. The molecule has 0 amide bonds. The number of ketones is 2. The maximum atomic E-state index is 11.7. The molecule has 0 spiro atoms. The van der Waals surface area contributed by atoms with Gasteiger partial charge in [-0.3, -0.25) is 14.4 Å². The van der Waals surface area contributed by atoms with E-state index in [-0.39, 0.29) is 81.0 Å². The molecule has 0 saturated heterocycles. The molecule has 0 unspecified atom stereocenters. The normalized spacial score (nSPS) is 18.2. The Hall–Kier alpha value is -8.01. The number of aryl methyl sites for hydroxylation is 3. The largest absolute Gasteiger partial charge is 1.00 e. The van der Waals surface area contributed by atoms with Crippen molar-refractivity contribution in [3.05, 3.63) is 147 Å². The van der Waals surface area contributed by atoms with Gasteiger partial charge in [-0.05, 0) is 217 Å². The Balaban J connectivity index is 0.000000278. The van der Waals surface area contributed by atoms with Crippen molar-refractivity contribution in [1.29, 1.82) is 0 Å². The number of hydrogen-bond acceptors (Lipinski definition) is 18. The minimum Gasteiger partial charge on any atom is -0.870 e. The number of carbonyl (C=O) groups excluding carboxylic acids is 11. The van der Waals surface area contributed by atoms with Crippen molar-refractivity contribution in [2.45, 2.75) is 185 Å². The average Bonchev–Trinajstić information content (AvgIpc) is 2.57. The molecule has 15 rings (SSSR count). The molecule has 5 fully saturated rings. The molecule has 5 heterocycles. The van der Waals surface area contributed by atoms with Crippen LogP contribution in [0.1, 0.15) is 204 Å². The standard InChI is InChI=1S/C13H14O3.2C13H14O2.2C13H16O.4CO2.2CH4.Li.H2O/c14-9-16-13(5-6-13)11-3-4-12-10(8-11)2-1-7-15-12;2*1-13(5-6-13)9-2-3-12-10(8-9)11(14)4-7-15-12;2*1-13(6-7-13)11-4-5-12-10(9-11)3-2-8-14-12;4*2-1-3;;;;/h3-4,8-9H,1-2,5-7H2;2*2-3,8H,4-7H2,1H3;2*4-5,9H,2-3,6-8H2,1H3;;;;;2*1H4;;1H2/q;;;;;;;;;;;+1;/p-1. The number of Topliss-reactive ketones (excluding diaryl/α,β-unsaturated/α-hetero) is 2. The van der Waals surface area contributed by atoms with Gasteiger partial charge in [0.15, 0.2) is 11.6 Å². The summed E-state index contributed by atoms with van der Waals surface area (Å²) in [6.07, 6.45) is 21.1. The summed E-state index contributed by atoms with van der Waals surface area (Å²) < 4.78 is 32.9. The van der Waals surface area contributed by atoms with Gasteiger partial charge in [-0.2, -0.15) is 38.4 Å². The molecule has 90 heavy (non-hydrogen) atoms. The molecule has 476 valence electrons. The summed E-state index contributed by atoms with van der Waals surface area (Å²) in [6, 6.07) is 31.8. The van der Waals surface area contributed by atoms with E-state index in [0.29, 0.717) is 54.2 Å². The fraction of sp³-hybridized carbons (Fsp3) is 0.479. The van der Waals surface area contributed by atoms with Gasteiger partial charge in [0.1, 0.15) is 34.3 Å². The summed E-state index contributed by atoms with van der Waals surface area (Å²) in [7, 11) is 0. The van der Waals surface area contributed by atoms with Crippen LogP contribution in [0.15, 0.2) is 91.0 Å². The van der Waals surface area contributed by atoms with Gasteiger partial charge in [0.05, 0.1) is 44.2 Å². The molecular weight excluding hydrogens is 1150 g/mol. The second-order valence-corrected chi connectivity index (χ2v) is 24.1. The summed E-state index contributed by atoms with van der Waals surface area (Å²) >= 11 is 0. The molecule has 10 aliphatic rings. The zero-order valence-electron chi connectivity index (χ0n) is 50.9. The van der Waals surface area contributed by atoms with Crippen LogP contribution in [-0.4, -0.2) is 81.2 Å². The maximum Gasteiger partial charge on any atom is 1.00 e. The molecule has 0 radical (unpaired) electrons. The molecule has 0 bridgehead atoms. The third-order valence-corrected chi connectivity index (χ3v) is 17.8. The minimum absolute atomic E-state index is 0. The summed E-state index contributed by atoms with van der Waals surface area (Å²) in [4.78, 5) is 98.9. The Morgan fingerprint density at radius 1 is 0.378 bits per heavy atom. The molecule has 0 atom stereocenters. The topological polar surface area (TPSA) is 273 Å². The molecule has 5 saturated carbocycles. The number of rotatable bonds is 7. The SMILES string of the molecule is C.C.CC1(c2ccc3c(c2)C(=O)CCO3)CC1.CC1(c2ccc3c(c2)C(=O)CCO3)CC1.CC1(c2ccc3c(c2)CCCO3)CC1.CC1(c2ccc3c(c2)CCCO3)CC1.O=C=O.O=C=O.O=C=O.O=C=O.O=COC1(c2ccc3c(c2)CCCO3)CC1.[Li+].[OH-].